The fraction of sp³-hybridized carbons (Fsp3) is 0.400. The van der Waals surface area contributed by atoms with Crippen LogP contribution in [0.5, 0.6) is 11.5 Å². The molecule has 2 amide bonds. The summed E-state index contributed by atoms with van der Waals surface area (Å²) in [4.78, 5) is 35.0. The maximum Gasteiger partial charge on any atom is 0.313 e. The van der Waals surface area contributed by atoms with Crippen molar-refractivity contribution in [3.63, 3.8) is 0 Å². The van der Waals surface area contributed by atoms with Gasteiger partial charge in [0.1, 0.15) is 11.5 Å². The first-order chi connectivity index (χ1) is 14.1. The third kappa shape index (κ3) is 5.34. The number of hydrogen-bond acceptors (Lipinski definition) is 7. The first-order valence-corrected chi connectivity index (χ1v) is 9.44. The van der Waals surface area contributed by atoms with E-state index in [1.165, 1.54) is 14.2 Å². The van der Waals surface area contributed by atoms with E-state index in [4.69, 9.17) is 9.47 Å². The Morgan fingerprint density at radius 2 is 1.83 bits per heavy atom. The summed E-state index contributed by atoms with van der Waals surface area (Å²) >= 11 is 0. The Bertz CT molecular complexity index is 838. The smallest absolute Gasteiger partial charge is 0.313 e. The number of carbonyl (C=O) groups excluding carboxylic acids is 2. The van der Waals surface area contributed by atoms with Crippen molar-refractivity contribution in [2.24, 2.45) is 5.92 Å². The lowest BCUT2D eigenvalue weighted by atomic mass is 9.97. The van der Waals surface area contributed by atoms with Crippen LogP contribution < -0.4 is 25.0 Å². The number of hydrogen-bond donors (Lipinski definition) is 2. The summed E-state index contributed by atoms with van der Waals surface area (Å²) < 4.78 is 10.4. The standard InChI is InChI=1S/C20H25N5O4/c1-28-15-4-5-16(17(12-15)29-2)24-19(27)18(26)23-13-14-6-10-25(11-7-14)20-21-8-3-9-22-20/h3-5,8-9,12,14H,6-7,10-11,13H2,1-2H3,(H,23,26)(H,24,27). The van der Waals surface area contributed by atoms with E-state index in [1.54, 1.807) is 36.7 Å². The molecule has 0 radical (unpaired) electrons. The number of piperidine rings is 1. The summed E-state index contributed by atoms with van der Waals surface area (Å²) in [7, 11) is 3.02. The highest BCUT2D eigenvalue weighted by atomic mass is 16.5. The summed E-state index contributed by atoms with van der Waals surface area (Å²) in [6.07, 6.45) is 5.25. The zero-order valence-electron chi connectivity index (χ0n) is 16.6. The Hall–Kier alpha value is -3.36. The van der Waals surface area contributed by atoms with E-state index >= 15 is 0 Å². The van der Waals surface area contributed by atoms with Crippen molar-refractivity contribution in [3.05, 3.63) is 36.7 Å². The number of amides is 2. The van der Waals surface area contributed by atoms with Gasteiger partial charge in [-0.25, -0.2) is 9.97 Å². The van der Waals surface area contributed by atoms with Crippen molar-refractivity contribution >= 4 is 23.5 Å². The van der Waals surface area contributed by atoms with Gasteiger partial charge in [0, 0.05) is 38.1 Å². The number of benzene rings is 1. The van der Waals surface area contributed by atoms with Crippen LogP contribution in [0.2, 0.25) is 0 Å². The molecule has 0 bridgehead atoms. The van der Waals surface area contributed by atoms with E-state index in [2.05, 4.69) is 25.5 Å². The minimum absolute atomic E-state index is 0.308. The maximum absolute atomic E-state index is 12.2. The molecule has 1 aromatic heterocycles. The molecule has 3 rings (SSSR count). The summed E-state index contributed by atoms with van der Waals surface area (Å²) in [6, 6.07) is 6.74. The summed E-state index contributed by atoms with van der Waals surface area (Å²) in [6.45, 7) is 2.09. The molecule has 9 heteroatoms. The highest BCUT2D eigenvalue weighted by Gasteiger charge is 2.23. The molecule has 0 unspecified atom stereocenters. The molecule has 0 aliphatic carbocycles. The third-order valence-corrected chi connectivity index (χ3v) is 4.86. The molecule has 1 fully saturated rings. The largest absolute Gasteiger partial charge is 0.497 e. The fourth-order valence-corrected chi connectivity index (χ4v) is 3.19. The number of methoxy groups -OCH3 is 2. The molecule has 9 nitrogen and oxygen atoms in total. The molecule has 154 valence electrons. The highest BCUT2D eigenvalue weighted by Crippen LogP contribution is 2.29. The molecule has 1 aliphatic heterocycles. The molecule has 0 saturated carbocycles. The SMILES string of the molecule is COc1ccc(NC(=O)C(=O)NCC2CCN(c3ncccn3)CC2)c(OC)c1. The van der Waals surface area contributed by atoms with Gasteiger partial charge in [-0.1, -0.05) is 0 Å². The normalized spacial score (nSPS) is 14.2. The van der Waals surface area contributed by atoms with Gasteiger partial charge in [-0.3, -0.25) is 9.59 Å². The molecule has 2 N–H and O–H groups in total. The van der Waals surface area contributed by atoms with Crippen LogP contribution in [0.15, 0.2) is 36.7 Å². The van der Waals surface area contributed by atoms with Gasteiger partial charge in [0.25, 0.3) is 0 Å². The van der Waals surface area contributed by atoms with Crippen LogP contribution in [-0.4, -0.2) is 55.6 Å². The first-order valence-electron chi connectivity index (χ1n) is 9.44. The van der Waals surface area contributed by atoms with E-state index in [0.717, 1.165) is 31.9 Å². The second kappa shape index (κ2) is 9.72. The molecule has 2 aromatic rings. The second-order valence-corrected chi connectivity index (χ2v) is 6.71. The molecule has 2 heterocycles. The van der Waals surface area contributed by atoms with Crippen molar-refractivity contribution in [1.82, 2.24) is 15.3 Å². The minimum Gasteiger partial charge on any atom is -0.497 e. The molecule has 0 atom stereocenters. The lowest BCUT2D eigenvalue weighted by Gasteiger charge is -2.31. The van der Waals surface area contributed by atoms with Crippen molar-refractivity contribution in [1.29, 1.82) is 0 Å². The van der Waals surface area contributed by atoms with Gasteiger partial charge in [0.15, 0.2) is 0 Å². The Kier molecular flexibility index (Phi) is 6.83. The number of nitrogens with zero attached hydrogens (tertiary/aromatic N) is 3. The summed E-state index contributed by atoms with van der Waals surface area (Å²) in [5, 5.41) is 5.29. The number of rotatable bonds is 6. The van der Waals surface area contributed by atoms with Crippen LogP contribution in [0.3, 0.4) is 0 Å². The lowest BCUT2D eigenvalue weighted by molar-refractivity contribution is -0.136. The monoisotopic (exact) mass is 399 g/mol. The van der Waals surface area contributed by atoms with Crippen LogP contribution >= 0.6 is 0 Å². The van der Waals surface area contributed by atoms with E-state index in [-0.39, 0.29) is 0 Å². The van der Waals surface area contributed by atoms with Gasteiger partial charge in [-0.15, -0.1) is 0 Å². The Morgan fingerprint density at radius 1 is 1.10 bits per heavy atom. The van der Waals surface area contributed by atoms with Crippen molar-refractivity contribution < 1.29 is 19.1 Å². The predicted molar refractivity (Wildman–Crippen MR) is 108 cm³/mol. The molecule has 1 aromatic carbocycles. The van der Waals surface area contributed by atoms with Gasteiger partial charge in [0.2, 0.25) is 5.95 Å². The average Bonchev–Trinajstić information content (AvgIpc) is 2.78. The second-order valence-electron chi connectivity index (χ2n) is 6.71. The van der Waals surface area contributed by atoms with Gasteiger partial charge in [-0.2, -0.15) is 0 Å². The number of aromatic nitrogens is 2. The molecular weight excluding hydrogens is 374 g/mol. The summed E-state index contributed by atoms with van der Waals surface area (Å²) in [5.74, 6) is 0.642. The van der Waals surface area contributed by atoms with Crippen molar-refractivity contribution in [3.8, 4) is 11.5 Å². The van der Waals surface area contributed by atoms with E-state index in [9.17, 15) is 9.59 Å². The average molecular weight is 399 g/mol. The topological polar surface area (TPSA) is 106 Å². The van der Waals surface area contributed by atoms with Crippen LogP contribution in [-0.2, 0) is 9.59 Å². The molecule has 1 aliphatic rings. The molecular formula is C20H25N5O4. The Balaban J connectivity index is 1.46. The van der Waals surface area contributed by atoms with Gasteiger partial charge in [-0.05, 0) is 37.0 Å². The van der Waals surface area contributed by atoms with Crippen molar-refractivity contribution in [2.45, 2.75) is 12.8 Å². The fourth-order valence-electron chi connectivity index (χ4n) is 3.19. The van der Waals surface area contributed by atoms with E-state index < -0.39 is 11.8 Å². The molecule has 0 spiro atoms. The van der Waals surface area contributed by atoms with Gasteiger partial charge < -0.3 is 25.0 Å². The number of nitrogens with one attached hydrogen (secondary N) is 2. The highest BCUT2D eigenvalue weighted by molar-refractivity contribution is 6.39. The third-order valence-electron chi connectivity index (χ3n) is 4.86. The van der Waals surface area contributed by atoms with Gasteiger partial charge in [0.05, 0.1) is 19.9 Å². The zero-order valence-corrected chi connectivity index (χ0v) is 16.6. The van der Waals surface area contributed by atoms with Crippen LogP contribution in [0.4, 0.5) is 11.6 Å². The Morgan fingerprint density at radius 3 is 2.48 bits per heavy atom. The molecule has 1 saturated heterocycles. The Labute approximate surface area is 169 Å². The number of carbonyl (C=O) groups is 2. The van der Waals surface area contributed by atoms with Gasteiger partial charge >= 0.3 is 11.8 Å². The first kappa shape index (κ1) is 20.4. The van der Waals surface area contributed by atoms with Crippen LogP contribution in [0.1, 0.15) is 12.8 Å². The lowest BCUT2D eigenvalue weighted by Crippen LogP contribution is -2.42. The van der Waals surface area contributed by atoms with Crippen LogP contribution in [0.25, 0.3) is 0 Å². The van der Waals surface area contributed by atoms with E-state index in [1.807, 2.05) is 0 Å². The van der Waals surface area contributed by atoms with Crippen molar-refractivity contribution in [2.75, 3.05) is 44.1 Å². The number of ether oxygens (including phenoxy) is 2. The quantitative estimate of drug-likeness (QED) is 0.709. The maximum atomic E-state index is 12.2. The minimum atomic E-state index is -0.733. The zero-order chi connectivity index (χ0) is 20.6. The van der Waals surface area contributed by atoms with E-state index in [0.29, 0.717) is 29.6 Å². The van der Waals surface area contributed by atoms with Crippen LogP contribution in [0, 0.1) is 5.92 Å². The molecule has 29 heavy (non-hydrogen) atoms. The predicted octanol–water partition coefficient (Wildman–Crippen LogP) is 1.47. The number of anilines is 2. The summed E-state index contributed by atoms with van der Waals surface area (Å²) in [5.41, 5.74) is 0.407.